The molecule has 4 heteroatoms. The van der Waals surface area contributed by atoms with Gasteiger partial charge in [-0.1, -0.05) is 28.1 Å². The topological polar surface area (TPSA) is 46.5 Å². The lowest BCUT2D eigenvalue weighted by atomic mass is 10.0. The summed E-state index contributed by atoms with van der Waals surface area (Å²) in [6, 6.07) is 11.8. The number of phenolic OH excluding ortho intramolecular Hbond substituents is 1. The minimum absolute atomic E-state index is 0.0771. The molecule has 0 aliphatic carbocycles. The first kappa shape index (κ1) is 13.6. The number of phenols is 1. The maximum absolute atomic E-state index is 12.3. The Morgan fingerprint density at radius 3 is 2.58 bits per heavy atom. The minimum Gasteiger partial charge on any atom is -0.507 e. The van der Waals surface area contributed by atoms with Crippen LogP contribution >= 0.6 is 15.9 Å². The smallest absolute Gasteiger partial charge is 0.197 e. The second-order valence-electron chi connectivity index (χ2n) is 3.92. The number of carbonyl (C=O) groups excluding carboxylic acids is 1. The first-order valence-electron chi connectivity index (χ1n) is 5.88. The van der Waals surface area contributed by atoms with E-state index in [9.17, 15) is 9.90 Å². The second kappa shape index (κ2) is 5.89. The monoisotopic (exact) mass is 320 g/mol. The number of carbonyl (C=O) groups is 1. The van der Waals surface area contributed by atoms with E-state index in [0.717, 1.165) is 0 Å². The Kier molecular flexibility index (Phi) is 4.22. The lowest BCUT2D eigenvalue weighted by molar-refractivity contribution is 0.103. The highest BCUT2D eigenvalue weighted by Gasteiger charge is 2.16. The van der Waals surface area contributed by atoms with Crippen molar-refractivity contribution in [3.63, 3.8) is 0 Å². The lowest BCUT2D eigenvalue weighted by Gasteiger charge is -2.08. The number of ether oxygens (including phenoxy) is 1. The second-order valence-corrected chi connectivity index (χ2v) is 4.78. The van der Waals surface area contributed by atoms with Crippen LogP contribution in [0, 0.1) is 0 Å². The summed E-state index contributed by atoms with van der Waals surface area (Å²) in [4.78, 5) is 12.3. The zero-order valence-corrected chi connectivity index (χ0v) is 12.0. The highest BCUT2D eigenvalue weighted by molar-refractivity contribution is 9.10. The van der Waals surface area contributed by atoms with Crippen molar-refractivity contribution in [3.8, 4) is 11.5 Å². The Hall–Kier alpha value is -1.81. The van der Waals surface area contributed by atoms with Crippen LogP contribution in [0.1, 0.15) is 22.8 Å². The number of ketones is 1. The van der Waals surface area contributed by atoms with Gasteiger partial charge in [-0.3, -0.25) is 4.79 Å². The molecular weight excluding hydrogens is 308 g/mol. The van der Waals surface area contributed by atoms with Gasteiger partial charge in [-0.15, -0.1) is 0 Å². The predicted octanol–water partition coefficient (Wildman–Crippen LogP) is 3.78. The van der Waals surface area contributed by atoms with Crippen molar-refractivity contribution in [2.24, 2.45) is 0 Å². The first-order chi connectivity index (χ1) is 9.13. The van der Waals surface area contributed by atoms with Crippen molar-refractivity contribution in [3.05, 3.63) is 58.1 Å². The van der Waals surface area contributed by atoms with E-state index in [1.807, 2.05) is 13.0 Å². The molecule has 0 aliphatic heterocycles. The zero-order valence-electron chi connectivity index (χ0n) is 10.4. The summed E-state index contributed by atoms with van der Waals surface area (Å²) >= 11 is 3.33. The molecule has 2 rings (SSSR count). The molecule has 0 heterocycles. The van der Waals surface area contributed by atoms with E-state index >= 15 is 0 Å². The van der Waals surface area contributed by atoms with Crippen molar-refractivity contribution in [1.82, 2.24) is 0 Å². The van der Waals surface area contributed by atoms with Crippen molar-refractivity contribution in [2.45, 2.75) is 6.92 Å². The van der Waals surface area contributed by atoms with Gasteiger partial charge in [0, 0.05) is 16.1 Å². The molecule has 0 amide bonds. The van der Waals surface area contributed by atoms with E-state index in [0.29, 0.717) is 22.4 Å². The van der Waals surface area contributed by atoms with E-state index in [4.69, 9.17) is 4.74 Å². The Bertz CT molecular complexity index is 608. The van der Waals surface area contributed by atoms with Gasteiger partial charge >= 0.3 is 0 Å². The van der Waals surface area contributed by atoms with Crippen LogP contribution in [0.4, 0.5) is 0 Å². The molecule has 0 unspecified atom stereocenters. The molecular formula is C15H13BrO3. The normalized spacial score (nSPS) is 10.2. The van der Waals surface area contributed by atoms with Crippen LogP contribution in [-0.4, -0.2) is 17.5 Å². The van der Waals surface area contributed by atoms with Crippen LogP contribution in [0.25, 0.3) is 0 Å². The summed E-state index contributed by atoms with van der Waals surface area (Å²) in [6.07, 6.45) is 0. The summed E-state index contributed by atoms with van der Waals surface area (Å²) in [5.41, 5.74) is 0.775. The predicted molar refractivity (Wildman–Crippen MR) is 76.9 cm³/mol. The maximum atomic E-state index is 12.3. The molecule has 0 spiro atoms. The third-order valence-electron chi connectivity index (χ3n) is 2.64. The average molecular weight is 321 g/mol. The van der Waals surface area contributed by atoms with Crippen molar-refractivity contribution in [2.75, 3.05) is 6.61 Å². The van der Waals surface area contributed by atoms with Crippen LogP contribution in [0.3, 0.4) is 0 Å². The van der Waals surface area contributed by atoms with Gasteiger partial charge in [-0.05, 0) is 31.2 Å². The molecule has 3 nitrogen and oxygen atoms in total. The summed E-state index contributed by atoms with van der Waals surface area (Å²) < 4.78 is 5.97. The molecule has 2 aromatic rings. The number of benzene rings is 2. The number of aromatic hydroxyl groups is 1. The van der Waals surface area contributed by atoms with E-state index in [1.165, 1.54) is 6.07 Å². The molecule has 0 radical (unpaired) electrons. The standard InChI is InChI=1S/C15H13BrO3/c1-2-19-10-7-8-12(14(17)9-10)15(18)11-5-3-4-6-13(11)16/h3-9,17H,2H2,1H3. The van der Waals surface area contributed by atoms with Crippen LogP contribution in [0.5, 0.6) is 11.5 Å². The highest BCUT2D eigenvalue weighted by atomic mass is 79.9. The van der Waals surface area contributed by atoms with Crippen LogP contribution in [0.2, 0.25) is 0 Å². The third kappa shape index (κ3) is 2.96. The molecule has 0 fully saturated rings. The fraction of sp³-hybridized carbons (Fsp3) is 0.133. The van der Waals surface area contributed by atoms with Crippen LogP contribution in [0.15, 0.2) is 46.9 Å². The number of hydrogen-bond acceptors (Lipinski definition) is 3. The van der Waals surface area contributed by atoms with Gasteiger partial charge in [0.2, 0.25) is 0 Å². The molecule has 1 N–H and O–H groups in total. The Balaban J connectivity index is 2.37. The first-order valence-corrected chi connectivity index (χ1v) is 6.68. The summed E-state index contributed by atoms with van der Waals surface area (Å²) in [5, 5.41) is 9.92. The molecule has 0 bridgehead atoms. The molecule has 19 heavy (non-hydrogen) atoms. The van der Waals surface area contributed by atoms with Gasteiger partial charge in [0.05, 0.1) is 12.2 Å². The van der Waals surface area contributed by atoms with Crippen molar-refractivity contribution >= 4 is 21.7 Å². The molecule has 98 valence electrons. The van der Waals surface area contributed by atoms with Gasteiger partial charge in [0.15, 0.2) is 5.78 Å². The van der Waals surface area contributed by atoms with Crippen molar-refractivity contribution in [1.29, 1.82) is 0 Å². The largest absolute Gasteiger partial charge is 0.507 e. The third-order valence-corrected chi connectivity index (χ3v) is 3.33. The molecule has 2 aromatic carbocycles. The summed E-state index contributed by atoms with van der Waals surface area (Å²) in [7, 11) is 0. The SMILES string of the molecule is CCOc1ccc(C(=O)c2ccccc2Br)c(O)c1. The van der Waals surface area contributed by atoms with E-state index in [2.05, 4.69) is 15.9 Å². The molecule has 0 aliphatic rings. The molecule has 0 atom stereocenters. The van der Waals surface area contributed by atoms with E-state index in [-0.39, 0.29) is 17.1 Å². The van der Waals surface area contributed by atoms with Gasteiger partial charge in [-0.25, -0.2) is 0 Å². The maximum Gasteiger partial charge on any atom is 0.197 e. The molecule has 0 saturated heterocycles. The van der Waals surface area contributed by atoms with Crippen LogP contribution < -0.4 is 4.74 Å². The van der Waals surface area contributed by atoms with E-state index < -0.39 is 0 Å². The summed E-state index contributed by atoms with van der Waals surface area (Å²) in [6.45, 7) is 2.37. The van der Waals surface area contributed by atoms with Crippen molar-refractivity contribution < 1.29 is 14.6 Å². The van der Waals surface area contributed by atoms with Gasteiger partial charge in [0.1, 0.15) is 11.5 Å². The zero-order chi connectivity index (χ0) is 13.8. The Labute approximate surface area is 120 Å². The Morgan fingerprint density at radius 1 is 1.21 bits per heavy atom. The average Bonchev–Trinajstić information content (AvgIpc) is 2.39. The summed E-state index contributed by atoms with van der Waals surface area (Å²) in [5.74, 6) is 0.239. The fourth-order valence-corrected chi connectivity index (χ4v) is 2.22. The number of halogens is 1. The minimum atomic E-state index is -0.229. The molecule has 0 aromatic heterocycles. The lowest BCUT2D eigenvalue weighted by Crippen LogP contribution is -2.03. The van der Waals surface area contributed by atoms with Crippen LogP contribution in [-0.2, 0) is 0 Å². The quantitative estimate of drug-likeness (QED) is 0.872. The van der Waals surface area contributed by atoms with Gasteiger partial charge in [-0.2, -0.15) is 0 Å². The van der Waals surface area contributed by atoms with E-state index in [1.54, 1.807) is 30.3 Å². The highest BCUT2D eigenvalue weighted by Crippen LogP contribution is 2.28. The number of hydrogen-bond donors (Lipinski definition) is 1. The fourth-order valence-electron chi connectivity index (χ4n) is 1.75. The Morgan fingerprint density at radius 2 is 1.95 bits per heavy atom. The van der Waals surface area contributed by atoms with Gasteiger partial charge in [0.25, 0.3) is 0 Å². The van der Waals surface area contributed by atoms with Gasteiger partial charge < -0.3 is 9.84 Å². The number of rotatable bonds is 4. The molecule has 0 saturated carbocycles.